The molecule has 2 N–H and O–H groups in total. The highest BCUT2D eigenvalue weighted by atomic mass is 16.4. The first-order valence-electron chi connectivity index (χ1n) is 14.2. The van der Waals surface area contributed by atoms with Crippen molar-refractivity contribution < 1.29 is 24.3 Å². The topological polar surface area (TPSA) is 119 Å². The number of carbonyl (C=O) groups excluding carboxylic acids is 3. The fourth-order valence-electron chi connectivity index (χ4n) is 6.29. The Labute approximate surface area is 234 Å². The number of nitrogens with zero attached hydrogens (tertiary/aromatic N) is 3. The third kappa shape index (κ3) is 5.93. The molecule has 0 radical (unpaired) electrons. The predicted octanol–water partition coefficient (Wildman–Crippen LogP) is 5.56. The van der Waals surface area contributed by atoms with Gasteiger partial charge < -0.3 is 10.4 Å². The van der Waals surface area contributed by atoms with Crippen molar-refractivity contribution in [1.29, 1.82) is 0 Å². The van der Waals surface area contributed by atoms with Gasteiger partial charge in [0.25, 0.3) is 0 Å². The summed E-state index contributed by atoms with van der Waals surface area (Å²) >= 11 is 0. The number of Topliss-reactive ketones (excluding diaryl/α,β-unsaturated/α-hetero) is 1. The van der Waals surface area contributed by atoms with Crippen LogP contribution in [0, 0.1) is 17.8 Å². The monoisotopic (exact) mass is 544 g/mol. The summed E-state index contributed by atoms with van der Waals surface area (Å²) in [4.78, 5) is 53.5. The molecule has 1 heterocycles. The van der Waals surface area contributed by atoms with Crippen molar-refractivity contribution in [3.8, 4) is 0 Å². The molecule has 2 saturated carbocycles. The van der Waals surface area contributed by atoms with Crippen LogP contribution < -0.4 is 10.2 Å². The Kier molecular flexibility index (Phi) is 8.28. The average molecular weight is 545 g/mol. The first kappa shape index (κ1) is 27.6. The zero-order valence-corrected chi connectivity index (χ0v) is 22.8. The number of amides is 3. The van der Waals surface area contributed by atoms with E-state index in [0.29, 0.717) is 11.4 Å². The van der Waals surface area contributed by atoms with Crippen molar-refractivity contribution >= 4 is 40.8 Å². The van der Waals surface area contributed by atoms with E-state index < -0.39 is 17.9 Å². The normalized spacial score (nSPS) is 21.4. The fraction of sp³-hybridized carbons (Fsp3) is 0.452. The number of ketones is 1. The largest absolute Gasteiger partial charge is 0.478 e. The number of anilines is 2. The number of hydrazone groups is 1. The molecule has 0 spiro atoms. The molecule has 40 heavy (non-hydrogen) atoms. The molecule has 2 fully saturated rings. The van der Waals surface area contributed by atoms with E-state index in [2.05, 4.69) is 12.2 Å². The summed E-state index contributed by atoms with van der Waals surface area (Å²) in [6.45, 7) is 1.65. The number of urea groups is 1. The number of para-hydroxylation sites is 1. The number of carboxylic acid groups (broad SMARTS) is 1. The predicted molar refractivity (Wildman–Crippen MR) is 153 cm³/mol. The molecule has 210 valence electrons. The van der Waals surface area contributed by atoms with Crippen LogP contribution in [0.15, 0.2) is 53.6 Å². The van der Waals surface area contributed by atoms with Crippen molar-refractivity contribution in [2.75, 3.05) is 23.3 Å². The maximum Gasteiger partial charge on any atom is 0.345 e. The third-order valence-electron chi connectivity index (χ3n) is 8.42. The van der Waals surface area contributed by atoms with E-state index in [9.17, 15) is 24.3 Å². The number of carbonyl (C=O) groups is 4. The Morgan fingerprint density at radius 2 is 1.73 bits per heavy atom. The van der Waals surface area contributed by atoms with Gasteiger partial charge >= 0.3 is 12.0 Å². The molecule has 0 aromatic heterocycles. The lowest BCUT2D eigenvalue weighted by Crippen LogP contribution is -2.46. The highest BCUT2D eigenvalue weighted by molar-refractivity contribution is 6.13. The van der Waals surface area contributed by atoms with Crippen molar-refractivity contribution in [3.05, 3.63) is 59.7 Å². The second-order valence-corrected chi connectivity index (χ2v) is 11.2. The first-order chi connectivity index (χ1) is 19.3. The van der Waals surface area contributed by atoms with Crippen LogP contribution in [-0.2, 0) is 9.59 Å². The summed E-state index contributed by atoms with van der Waals surface area (Å²) in [6, 6.07) is 13.0. The van der Waals surface area contributed by atoms with Gasteiger partial charge in [0.05, 0.1) is 23.5 Å². The van der Waals surface area contributed by atoms with E-state index in [-0.39, 0.29) is 42.2 Å². The molecule has 3 aliphatic rings. The van der Waals surface area contributed by atoms with Crippen LogP contribution in [0.25, 0.3) is 0 Å². The van der Waals surface area contributed by atoms with Crippen LogP contribution in [0.1, 0.15) is 74.2 Å². The molecule has 1 aliphatic heterocycles. The zero-order chi connectivity index (χ0) is 28.2. The molecule has 0 bridgehead atoms. The van der Waals surface area contributed by atoms with E-state index in [1.165, 1.54) is 22.0 Å². The highest BCUT2D eigenvalue weighted by Crippen LogP contribution is 2.36. The van der Waals surface area contributed by atoms with Crippen LogP contribution >= 0.6 is 0 Å². The van der Waals surface area contributed by atoms with E-state index in [4.69, 9.17) is 5.10 Å². The fourth-order valence-corrected chi connectivity index (χ4v) is 6.29. The van der Waals surface area contributed by atoms with Crippen molar-refractivity contribution in [2.24, 2.45) is 22.9 Å². The van der Waals surface area contributed by atoms with Crippen LogP contribution in [0.4, 0.5) is 16.2 Å². The quantitative estimate of drug-likeness (QED) is 0.451. The Hall–Kier alpha value is -4.01. The summed E-state index contributed by atoms with van der Waals surface area (Å²) in [6.07, 6.45) is 8.03. The number of benzene rings is 2. The number of fused-ring (bicyclic) bond motifs is 1. The molecule has 5 rings (SSSR count). The molecule has 2 aromatic rings. The molecular weight excluding hydrogens is 508 g/mol. The van der Waals surface area contributed by atoms with Gasteiger partial charge in [-0.2, -0.15) is 5.10 Å². The number of carboxylic acids is 1. The Morgan fingerprint density at radius 1 is 0.950 bits per heavy atom. The van der Waals surface area contributed by atoms with Crippen LogP contribution in [0.5, 0.6) is 0 Å². The summed E-state index contributed by atoms with van der Waals surface area (Å²) < 4.78 is 0. The van der Waals surface area contributed by atoms with Gasteiger partial charge in [-0.05, 0) is 55.9 Å². The maximum atomic E-state index is 14.0. The Balaban J connectivity index is 1.47. The van der Waals surface area contributed by atoms with Crippen LogP contribution in [0.3, 0.4) is 0 Å². The molecular formula is C31H36N4O5. The first-order valence-corrected chi connectivity index (χ1v) is 14.2. The molecule has 2 atom stereocenters. The van der Waals surface area contributed by atoms with Gasteiger partial charge in [0.2, 0.25) is 5.91 Å². The number of hydrogen-bond donors (Lipinski definition) is 2. The van der Waals surface area contributed by atoms with E-state index in [1.54, 1.807) is 12.1 Å². The van der Waals surface area contributed by atoms with Gasteiger partial charge in [-0.1, -0.05) is 56.9 Å². The lowest BCUT2D eigenvalue weighted by atomic mass is 9.83. The number of hydrogen-bond acceptors (Lipinski definition) is 5. The van der Waals surface area contributed by atoms with Gasteiger partial charge in [-0.15, -0.1) is 0 Å². The van der Waals surface area contributed by atoms with Crippen LogP contribution in [-0.4, -0.2) is 52.6 Å². The van der Waals surface area contributed by atoms with Gasteiger partial charge in [0.15, 0.2) is 5.78 Å². The van der Waals surface area contributed by atoms with E-state index in [1.807, 2.05) is 24.3 Å². The minimum absolute atomic E-state index is 0.0316. The standard InChI is InChI=1S/C31H36N4O5/c1-20-9-7-15-24(20)27(36)18-34-26-16-6-5-14-25(26)29(21-10-3-2-4-11-21)33-35(31(34)40)19-28(37)32-23-13-8-12-22(17-23)30(38)39/h5-6,8,12-14,16-17,20-21,24H,2-4,7,9-11,15,18-19H2,1H3,(H,32,37)(H,38,39). The van der Waals surface area contributed by atoms with Crippen molar-refractivity contribution in [1.82, 2.24) is 5.01 Å². The molecule has 9 nitrogen and oxygen atoms in total. The highest BCUT2D eigenvalue weighted by Gasteiger charge is 2.37. The second kappa shape index (κ2) is 12.0. The molecule has 9 heteroatoms. The average Bonchev–Trinajstić information content (AvgIpc) is 3.36. The van der Waals surface area contributed by atoms with Crippen molar-refractivity contribution in [2.45, 2.75) is 58.3 Å². The summed E-state index contributed by atoms with van der Waals surface area (Å²) in [7, 11) is 0. The molecule has 2 aliphatic carbocycles. The van der Waals surface area contributed by atoms with E-state index in [0.717, 1.165) is 62.6 Å². The smallest absolute Gasteiger partial charge is 0.345 e. The van der Waals surface area contributed by atoms with Gasteiger partial charge in [0.1, 0.15) is 6.54 Å². The minimum atomic E-state index is -1.10. The lowest BCUT2D eigenvalue weighted by Gasteiger charge is -2.27. The second-order valence-electron chi connectivity index (χ2n) is 11.2. The molecule has 0 saturated heterocycles. The van der Waals surface area contributed by atoms with Crippen LogP contribution in [0.2, 0.25) is 0 Å². The molecule has 3 amide bonds. The maximum absolute atomic E-state index is 14.0. The molecule has 2 unspecified atom stereocenters. The van der Waals surface area contributed by atoms with Gasteiger partial charge in [-0.25, -0.2) is 14.6 Å². The third-order valence-corrected chi connectivity index (χ3v) is 8.42. The Morgan fingerprint density at radius 3 is 2.45 bits per heavy atom. The minimum Gasteiger partial charge on any atom is -0.478 e. The summed E-state index contributed by atoms with van der Waals surface area (Å²) in [5, 5.41) is 18.0. The molecule has 2 aromatic carbocycles. The number of aromatic carboxylic acids is 1. The number of rotatable bonds is 8. The SMILES string of the molecule is CC1CCCC1C(=O)CN1C(=O)N(CC(=O)Nc2cccc(C(=O)O)c2)N=C(C2CCCCC2)c2ccccc21. The zero-order valence-electron chi connectivity index (χ0n) is 22.8. The number of nitrogens with one attached hydrogen (secondary N) is 1. The van der Waals surface area contributed by atoms with Gasteiger partial charge in [0, 0.05) is 23.1 Å². The lowest BCUT2D eigenvalue weighted by molar-refractivity contribution is -0.122. The Bertz CT molecular complexity index is 1330. The van der Waals surface area contributed by atoms with Gasteiger partial charge in [-0.3, -0.25) is 14.5 Å². The van der Waals surface area contributed by atoms with E-state index >= 15 is 0 Å². The summed E-state index contributed by atoms with van der Waals surface area (Å²) in [5.41, 5.74) is 2.60. The summed E-state index contributed by atoms with van der Waals surface area (Å²) in [5.74, 6) is -1.24. The van der Waals surface area contributed by atoms with Crippen molar-refractivity contribution in [3.63, 3.8) is 0 Å².